The topological polar surface area (TPSA) is 35.5 Å². The molecule has 0 bridgehead atoms. The summed E-state index contributed by atoms with van der Waals surface area (Å²) in [5.74, 6) is -0.347. The van der Waals surface area contributed by atoms with Crippen LogP contribution in [0.4, 0.5) is 4.39 Å². The molecule has 88 valence electrons. The van der Waals surface area contributed by atoms with Crippen LogP contribution in [-0.4, -0.2) is 36.2 Å². The molecule has 2 N–H and O–H groups in total. The van der Waals surface area contributed by atoms with Gasteiger partial charge in [0.15, 0.2) is 0 Å². The summed E-state index contributed by atoms with van der Waals surface area (Å²) in [5, 5.41) is 12.4. The predicted molar refractivity (Wildman–Crippen MR) is 60.9 cm³/mol. The fourth-order valence-electron chi connectivity index (χ4n) is 2.12. The zero-order valence-electron chi connectivity index (χ0n) is 9.41. The van der Waals surface area contributed by atoms with Crippen LogP contribution in [0.5, 0.6) is 5.75 Å². The van der Waals surface area contributed by atoms with E-state index < -0.39 is 0 Å². The Morgan fingerprint density at radius 3 is 2.69 bits per heavy atom. The molecule has 1 aliphatic heterocycles. The average molecular weight is 224 g/mol. The highest BCUT2D eigenvalue weighted by Crippen LogP contribution is 2.25. The number of phenolic OH excluding ortho intramolecular Hbond substituents is 1. The van der Waals surface area contributed by atoms with Crippen LogP contribution in [-0.2, 0) is 0 Å². The second-order valence-electron chi connectivity index (χ2n) is 4.17. The summed E-state index contributed by atoms with van der Waals surface area (Å²) in [5.41, 5.74) is 0.653. The van der Waals surface area contributed by atoms with Crippen molar-refractivity contribution in [2.24, 2.45) is 0 Å². The van der Waals surface area contributed by atoms with E-state index in [2.05, 4.69) is 10.2 Å². The van der Waals surface area contributed by atoms with Gasteiger partial charge in [-0.3, -0.25) is 4.90 Å². The minimum Gasteiger partial charge on any atom is -0.508 e. The Morgan fingerprint density at radius 2 is 2.06 bits per heavy atom. The molecule has 0 spiro atoms. The van der Waals surface area contributed by atoms with Gasteiger partial charge in [0.05, 0.1) is 0 Å². The highest BCUT2D eigenvalue weighted by atomic mass is 19.1. The number of halogens is 1. The second kappa shape index (κ2) is 4.80. The molecular formula is C12H17FN2O. The molecule has 1 fully saturated rings. The zero-order valence-corrected chi connectivity index (χ0v) is 9.41. The summed E-state index contributed by atoms with van der Waals surface area (Å²) in [6.07, 6.45) is 0. The van der Waals surface area contributed by atoms with Crippen LogP contribution in [0.15, 0.2) is 18.2 Å². The summed E-state index contributed by atoms with van der Waals surface area (Å²) in [6, 6.07) is 4.44. The first-order valence-corrected chi connectivity index (χ1v) is 5.61. The van der Waals surface area contributed by atoms with Gasteiger partial charge in [0.25, 0.3) is 0 Å². The highest BCUT2D eigenvalue weighted by Gasteiger charge is 2.20. The molecule has 1 heterocycles. The van der Waals surface area contributed by atoms with Crippen LogP contribution < -0.4 is 5.32 Å². The molecule has 0 aliphatic carbocycles. The lowest BCUT2D eigenvalue weighted by Crippen LogP contribution is -2.44. The van der Waals surface area contributed by atoms with Gasteiger partial charge in [0.2, 0.25) is 0 Å². The summed E-state index contributed by atoms with van der Waals surface area (Å²) in [6.45, 7) is 5.76. The Morgan fingerprint density at radius 1 is 1.38 bits per heavy atom. The Labute approximate surface area is 94.9 Å². The van der Waals surface area contributed by atoms with Crippen molar-refractivity contribution in [1.82, 2.24) is 10.2 Å². The number of benzene rings is 1. The van der Waals surface area contributed by atoms with Crippen LogP contribution in [0, 0.1) is 5.82 Å². The van der Waals surface area contributed by atoms with E-state index in [-0.39, 0.29) is 17.6 Å². The quantitative estimate of drug-likeness (QED) is 0.799. The summed E-state index contributed by atoms with van der Waals surface area (Å²) < 4.78 is 13.7. The van der Waals surface area contributed by atoms with E-state index in [0.717, 1.165) is 26.2 Å². The van der Waals surface area contributed by atoms with Crippen molar-refractivity contribution >= 4 is 0 Å². The van der Waals surface area contributed by atoms with Crippen molar-refractivity contribution in [3.8, 4) is 5.75 Å². The SMILES string of the molecule is CC(c1ccc(O)cc1F)N1CCNCC1. The van der Waals surface area contributed by atoms with Crippen molar-refractivity contribution < 1.29 is 9.50 Å². The smallest absolute Gasteiger partial charge is 0.131 e. The monoisotopic (exact) mass is 224 g/mol. The third kappa shape index (κ3) is 2.33. The van der Waals surface area contributed by atoms with Crippen LogP contribution in [0.2, 0.25) is 0 Å². The predicted octanol–water partition coefficient (Wildman–Crippen LogP) is 1.50. The Hall–Kier alpha value is -1.13. The number of aromatic hydroxyl groups is 1. The van der Waals surface area contributed by atoms with E-state index in [1.54, 1.807) is 6.07 Å². The first-order valence-electron chi connectivity index (χ1n) is 5.61. The molecule has 4 heteroatoms. The molecule has 1 aromatic carbocycles. The summed E-state index contributed by atoms with van der Waals surface area (Å²) >= 11 is 0. The van der Waals surface area contributed by atoms with Crippen molar-refractivity contribution in [2.45, 2.75) is 13.0 Å². The molecule has 1 unspecified atom stereocenters. The fourth-order valence-corrected chi connectivity index (χ4v) is 2.12. The van der Waals surface area contributed by atoms with Crippen LogP contribution >= 0.6 is 0 Å². The number of phenols is 1. The lowest BCUT2D eigenvalue weighted by atomic mass is 10.1. The Balaban J connectivity index is 2.15. The van der Waals surface area contributed by atoms with Crippen molar-refractivity contribution in [2.75, 3.05) is 26.2 Å². The van der Waals surface area contributed by atoms with Gasteiger partial charge < -0.3 is 10.4 Å². The Bertz CT molecular complexity index is 364. The van der Waals surface area contributed by atoms with Gasteiger partial charge >= 0.3 is 0 Å². The first-order chi connectivity index (χ1) is 7.68. The molecule has 0 aromatic heterocycles. The van der Waals surface area contributed by atoms with Crippen molar-refractivity contribution in [3.63, 3.8) is 0 Å². The van der Waals surface area contributed by atoms with Gasteiger partial charge in [-0.15, -0.1) is 0 Å². The van der Waals surface area contributed by atoms with Gasteiger partial charge in [0.1, 0.15) is 11.6 Å². The third-order valence-electron chi connectivity index (χ3n) is 3.13. The van der Waals surface area contributed by atoms with Crippen molar-refractivity contribution in [3.05, 3.63) is 29.6 Å². The molecule has 0 radical (unpaired) electrons. The zero-order chi connectivity index (χ0) is 11.5. The standard InChI is InChI=1S/C12H17FN2O/c1-9(15-6-4-14-5-7-15)11-3-2-10(16)8-12(11)13/h2-3,8-9,14,16H,4-7H2,1H3. The molecule has 1 aliphatic rings. The van der Waals surface area contributed by atoms with Gasteiger partial charge in [-0.25, -0.2) is 4.39 Å². The van der Waals surface area contributed by atoms with Gasteiger partial charge in [-0.2, -0.15) is 0 Å². The molecule has 1 atom stereocenters. The maximum absolute atomic E-state index is 13.7. The van der Waals surface area contributed by atoms with E-state index in [0.29, 0.717) is 5.56 Å². The number of hydrogen-bond acceptors (Lipinski definition) is 3. The molecule has 16 heavy (non-hydrogen) atoms. The number of hydrogen-bond donors (Lipinski definition) is 2. The molecule has 0 amide bonds. The number of nitrogens with one attached hydrogen (secondary N) is 1. The number of nitrogens with zero attached hydrogens (tertiary/aromatic N) is 1. The van der Waals surface area contributed by atoms with Gasteiger partial charge in [-0.1, -0.05) is 6.07 Å². The molecule has 2 rings (SSSR count). The minimum atomic E-state index is -0.328. The highest BCUT2D eigenvalue weighted by molar-refractivity contribution is 5.29. The fraction of sp³-hybridized carbons (Fsp3) is 0.500. The lowest BCUT2D eigenvalue weighted by molar-refractivity contribution is 0.182. The first kappa shape index (κ1) is 11.4. The van der Waals surface area contributed by atoms with Crippen molar-refractivity contribution in [1.29, 1.82) is 0 Å². The maximum Gasteiger partial charge on any atom is 0.131 e. The van der Waals surface area contributed by atoms with E-state index in [1.807, 2.05) is 6.92 Å². The third-order valence-corrected chi connectivity index (χ3v) is 3.13. The van der Waals surface area contributed by atoms with Crippen LogP contribution in [0.3, 0.4) is 0 Å². The number of piperazine rings is 1. The minimum absolute atomic E-state index is 0.0197. The molecule has 3 nitrogen and oxygen atoms in total. The molecule has 0 saturated carbocycles. The Kier molecular flexibility index (Phi) is 3.41. The maximum atomic E-state index is 13.7. The van der Waals surface area contributed by atoms with E-state index in [1.165, 1.54) is 12.1 Å². The largest absolute Gasteiger partial charge is 0.508 e. The van der Waals surface area contributed by atoms with Crippen LogP contribution in [0.1, 0.15) is 18.5 Å². The molecular weight excluding hydrogens is 207 g/mol. The normalized spacial score (nSPS) is 19.6. The molecule has 1 saturated heterocycles. The molecule has 1 aromatic rings. The second-order valence-corrected chi connectivity index (χ2v) is 4.17. The van der Waals surface area contributed by atoms with E-state index >= 15 is 0 Å². The summed E-state index contributed by atoms with van der Waals surface area (Å²) in [4.78, 5) is 2.24. The summed E-state index contributed by atoms with van der Waals surface area (Å²) in [7, 11) is 0. The van der Waals surface area contributed by atoms with E-state index in [4.69, 9.17) is 5.11 Å². The lowest BCUT2D eigenvalue weighted by Gasteiger charge is -2.33. The van der Waals surface area contributed by atoms with Crippen LogP contribution in [0.25, 0.3) is 0 Å². The van der Waals surface area contributed by atoms with E-state index in [9.17, 15) is 4.39 Å². The number of rotatable bonds is 2. The van der Waals surface area contributed by atoms with Gasteiger partial charge in [0, 0.05) is 43.9 Å². The van der Waals surface area contributed by atoms with Gasteiger partial charge in [-0.05, 0) is 13.0 Å². The average Bonchev–Trinajstić information content (AvgIpc) is 2.29.